The summed E-state index contributed by atoms with van der Waals surface area (Å²) in [5, 5.41) is 0.865. The zero-order chi connectivity index (χ0) is 25.4. The fourth-order valence-electron chi connectivity index (χ4n) is 4.71. The summed E-state index contributed by atoms with van der Waals surface area (Å²) in [6.07, 6.45) is 1.35. The first kappa shape index (κ1) is 25.5. The molecule has 9 nitrogen and oxygen atoms in total. The van der Waals surface area contributed by atoms with Crippen molar-refractivity contribution in [1.82, 2.24) is 14.2 Å². The summed E-state index contributed by atoms with van der Waals surface area (Å²) in [4.78, 5) is 22.2. The maximum atomic E-state index is 13.3. The number of carbonyl (C=O) groups is 1. The van der Waals surface area contributed by atoms with Gasteiger partial charge in [0.1, 0.15) is 25.9 Å². The van der Waals surface area contributed by atoms with Crippen molar-refractivity contribution < 1.29 is 22.7 Å². The number of fused-ring (bicyclic) bond motifs is 1. The summed E-state index contributed by atoms with van der Waals surface area (Å²) in [7, 11) is -0.386. The third-order valence-electron chi connectivity index (χ3n) is 6.64. The average molecular weight is 571 g/mol. The van der Waals surface area contributed by atoms with Crippen molar-refractivity contribution in [2.75, 3.05) is 58.4 Å². The molecule has 5 rings (SSSR count). The van der Waals surface area contributed by atoms with Crippen LogP contribution in [0.1, 0.15) is 12.8 Å². The van der Waals surface area contributed by atoms with Crippen LogP contribution in [-0.2, 0) is 14.8 Å². The van der Waals surface area contributed by atoms with Crippen molar-refractivity contribution in [1.29, 1.82) is 0 Å². The molecule has 1 atom stereocenters. The molecule has 4 heterocycles. The number of rotatable bonds is 6. The number of piperazine rings is 1. The van der Waals surface area contributed by atoms with Gasteiger partial charge in [-0.2, -0.15) is 4.31 Å². The number of ether oxygens (including phenoxy) is 2. The molecule has 0 spiro atoms. The molecule has 0 N–H and O–H groups in total. The number of anilines is 1. The van der Waals surface area contributed by atoms with E-state index in [0.717, 1.165) is 32.4 Å². The van der Waals surface area contributed by atoms with Gasteiger partial charge in [-0.1, -0.05) is 22.9 Å². The minimum atomic E-state index is -3.65. The van der Waals surface area contributed by atoms with Crippen LogP contribution in [0.2, 0.25) is 4.34 Å². The molecule has 2 saturated heterocycles. The van der Waals surface area contributed by atoms with Gasteiger partial charge in [0.15, 0.2) is 5.13 Å². The van der Waals surface area contributed by atoms with Crippen molar-refractivity contribution in [3.05, 3.63) is 28.6 Å². The van der Waals surface area contributed by atoms with E-state index in [9.17, 15) is 13.2 Å². The highest BCUT2D eigenvalue weighted by Crippen LogP contribution is 2.40. The summed E-state index contributed by atoms with van der Waals surface area (Å²) >= 11 is 8.54. The molecular formula is C23H27ClN4O5S3. The van der Waals surface area contributed by atoms with E-state index in [1.807, 2.05) is 17.0 Å². The standard InChI is InChI=1S/C23H27ClN4O5S3/c1-32-16-5-6-17(33-2)21-20(16)25-23(35-21)27-12-10-26(11-13-27)22(29)15-4-3-9-28(14-15)36(30,31)19-8-7-18(24)34-19/h5-8,15H,3-4,9-14H2,1-2H3. The number of methoxy groups -OCH3 is 2. The Morgan fingerprint density at radius 1 is 1.03 bits per heavy atom. The number of thiazole rings is 1. The highest BCUT2D eigenvalue weighted by atomic mass is 35.5. The van der Waals surface area contributed by atoms with Crippen LogP contribution in [0.5, 0.6) is 11.5 Å². The van der Waals surface area contributed by atoms with Crippen molar-refractivity contribution >= 4 is 65.6 Å². The second-order valence-electron chi connectivity index (χ2n) is 8.72. The highest BCUT2D eigenvalue weighted by molar-refractivity contribution is 7.91. The Morgan fingerprint density at radius 2 is 1.75 bits per heavy atom. The van der Waals surface area contributed by atoms with Crippen LogP contribution in [0.25, 0.3) is 10.2 Å². The van der Waals surface area contributed by atoms with Gasteiger partial charge in [-0.3, -0.25) is 4.79 Å². The van der Waals surface area contributed by atoms with E-state index in [-0.39, 0.29) is 22.6 Å². The number of hydrogen-bond donors (Lipinski definition) is 0. The molecule has 1 amide bonds. The lowest BCUT2D eigenvalue weighted by Gasteiger charge is -2.38. The lowest BCUT2D eigenvalue weighted by molar-refractivity contribution is -0.137. The molecule has 36 heavy (non-hydrogen) atoms. The third-order valence-corrected chi connectivity index (χ3v) is 11.3. The van der Waals surface area contributed by atoms with Crippen molar-refractivity contribution in [2.45, 2.75) is 17.1 Å². The first-order valence-corrected chi connectivity index (χ1v) is 15.1. The number of carbonyl (C=O) groups excluding carboxylic acids is 1. The van der Waals surface area contributed by atoms with Crippen molar-refractivity contribution in [3.63, 3.8) is 0 Å². The lowest BCUT2D eigenvalue weighted by atomic mass is 9.98. The quantitative estimate of drug-likeness (QED) is 0.445. The summed E-state index contributed by atoms with van der Waals surface area (Å²) in [6, 6.07) is 6.84. The average Bonchev–Trinajstić information content (AvgIpc) is 3.55. The Kier molecular flexibility index (Phi) is 7.32. The van der Waals surface area contributed by atoms with Gasteiger partial charge >= 0.3 is 0 Å². The monoisotopic (exact) mass is 570 g/mol. The van der Waals surface area contributed by atoms with E-state index in [2.05, 4.69) is 4.90 Å². The first-order valence-electron chi connectivity index (χ1n) is 11.6. The number of aromatic nitrogens is 1. The van der Waals surface area contributed by atoms with Gasteiger partial charge in [-0.15, -0.1) is 11.3 Å². The number of amides is 1. The predicted octanol–water partition coefficient (Wildman–Crippen LogP) is 3.78. The summed E-state index contributed by atoms with van der Waals surface area (Å²) in [5.41, 5.74) is 0.769. The number of benzene rings is 1. The molecule has 1 aromatic carbocycles. The molecule has 0 bridgehead atoms. The molecule has 194 valence electrons. The van der Waals surface area contributed by atoms with Gasteiger partial charge in [0.2, 0.25) is 5.91 Å². The fourth-order valence-corrected chi connectivity index (χ4v) is 9.00. The van der Waals surface area contributed by atoms with E-state index in [1.54, 1.807) is 31.6 Å². The largest absolute Gasteiger partial charge is 0.495 e. The van der Waals surface area contributed by atoms with Crippen LogP contribution in [0.4, 0.5) is 5.13 Å². The smallest absolute Gasteiger partial charge is 0.252 e. The van der Waals surface area contributed by atoms with Gasteiger partial charge in [0.05, 0.1) is 24.5 Å². The SMILES string of the molecule is COc1ccc(OC)c2sc(N3CCN(C(=O)C4CCCN(S(=O)(=O)c5ccc(Cl)s5)C4)CC3)nc12. The van der Waals surface area contributed by atoms with Gasteiger partial charge < -0.3 is 19.3 Å². The van der Waals surface area contributed by atoms with Crippen LogP contribution < -0.4 is 14.4 Å². The van der Waals surface area contributed by atoms with Crippen LogP contribution in [0.15, 0.2) is 28.5 Å². The predicted molar refractivity (Wildman–Crippen MR) is 142 cm³/mol. The van der Waals surface area contributed by atoms with E-state index < -0.39 is 10.0 Å². The minimum absolute atomic E-state index is 0.0198. The van der Waals surface area contributed by atoms with E-state index in [1.165, 1.54) is 10.4 Å². The molecule has 2 aliphatic rings. The second-order valence-corrected chi connectivity index (χ2v) is 13.6. The normalized spacial score (nSPS) is 19.6. The zero-order valence-corrected chi connectivity index (χ0v) is 23.2. The number of halogens is 1. The Labute approximate surface area is 223 Å². The Balaban J connectivity index is 1.24. The van der Waals surface area contributed by atoms with Crippen LogP contribution in [-0.4, -0.2) is 82.0 Å². The molecule has 0 aliphatic carbocycles. The maximum absolute atomic E-state index is 13.3. The number of thiophene rings is 1. The van der Waals surface area contributed by atoms with E-state index in [0.29, 0.717) is 55.7 Å². The van der Waals surface area contributed by atoms with Gasteiger partial charge in [0.25, 0.3) is 10.0 Å². The molecule has 2 aliphatic heterocycles. The lowest BCUT2D eigenvalue weighted by Crippen LogP contribution is -2.53. The van der Waals surface area contributed by atoms with Crippen molar-refractivity contribution in [3.8, 4) is 11.5 Å². The number of piperidine rings is 1. The molecule has 2 aromatic heterocycles. The molecule has 13 heteroatoms. The van der Waals surface area contributed by atoms with Gasteiger partial charge in [-0.25, -0.2) is 13.4 Å². The fraction of sp³-hybridized carbons (Fsp3) is 0.478. The van der Waals surface area contributed by atoms with Crippen LogP contribution >= 0.6 is 34.3 Å². The van der Waals surface area contributed by atoms with Gasteiger partial charge in [-0.05, 0) is 37.1 Å². The van der Waals surface area contributed by atoms with Crippen LogP contribution in [0.3, 0.4) is 0 Å². The molecule has 3 aromatic rings. The zero-order valence-electron chi connectivity index (χ0n) is 20.0. The second kappa shape index (κ2) is 10.3. The van der Waals surface area contributed by atoms with E-state index >= 15 is 0 Å². The maximum Gasteiger partial charge on any atom is 0.252 e. The summed E-state index contributed by atoms with van der Waals surface area (Å²) in [5.74, 6) is 1.13. The molecular weight excluding hydrogens is 544 g/mol. The molecule has 0 saturated carbocycles. The topological polar surface area (TPSA) is 92.3 Å². The summed E-state index contributed by atoms with van der Waals surface area (Å²) < 4.78 is 40.0. The molecule has 2 fully saturated rings. The third kappa shape index (κ3) is 4.76. The first-order chi connectivity index (χ1) is 17.3. The highest BCUT2D eigenvalue weighted by Gasteiger charge is 2.36. The molecule has 0 radical (unpaired) electrons. The number of hydrogen-bond acceptors (Lipinski definition) is 9. The van der Waals surface area contributed by atoms with Crippen LogP contribution in [0, 0.1) is 5.92 Å². The van der Waals surface area contributed by atoms with Crippen molar-refractivity contribution in [2.24, 2.45) is 5.92 Å². The molecule has 1 unspecified atom stereocenters. The number of sulfonamides is 1. The Bertz CT molecular complexity index is 1330. The number of nitrogens with zero attached hydrogens (tertiary/aromatic N) is 4. The summed E-state index contributed by atoms with van der Waals surface area (Å²) in [6.45, 7) is 3.05. The Morgan fingerprint density at radius 3 is 2.42 bits per heavy atom. The van der Waals surface area contributed by atoms with Gasteiger partial charge in [0, 0.05) is 39.3 Å². The Hall–Kier alpha value is -2.12. The minimum Gasteiger partial charge on any atom is -0.495 e. The van der Waals surface area contributed by atoms with E-state index in [4.69, 9.17) is 26.1 Å².